The summed E-state index contributed by atoms with van der Waals surface area (Å²) in [7, 11) is 1.69. The zero-order valence-corrected chi connectivity index (χ0v) is 11.8. The summed E-state index contributed by atoms with van der Waals surface area (Å²) >= 11 is 6.11. The fraction of sp³-hybridized carbons (Fsp3) is 0.571. The summed E-state index contributed by atoms with van der Waals surface area (Å²) < 4.78 is 18.9. The van der Waals surface area contributed by atoms with Crippen LogP contribution >= 0.6 is 11.6 Å². The van der Waals surface area contributed by atoms with Crippen molar-refractivity contribution in [2.24, 2.45) is 5.73 Å². The minimum absolute atomic E-state index is 0.0191. The molecule has 1 aliphatic rings. The van der Waals surface area contributed by atoms with E-state index >= 15 is 0 Å². The second-order valence-corrected chi connectivity index (χ2v) is 5.49. The zero-order chi connectivity index (χ0) is 13.9. The molecule has 1 saturated carbocycles. The highest BCUT2D eigenvalue weighted by molar-refractivity contribution is 6.33. The fourth-order valence-corrected chi connectivity index (χ4v) is 3.00. The molecule has 0 amide bonds. The Bertz CT molecular complexity index is 443. The summed E-state index contributed by atoms with van der Waals surface area (Å²) in [6, 6.07) is 4.30. The summed E-state index contributed by atoms with van der Waals surface area (Å²) in [4.78, 5) is 0. The molecule has 0 heterocycles. The van der Waals surface area contributed by atoms with Gasteiger partial charge < -0.3 is 15.8 Å². The van der Waals surface area contributed by atoms with Gasteiger partial charge in [0.1, 0.15) is 5.82 Å². The summed E-state index contributed by atoms with van der Waals surface area (Å²) in [5, 5.41) is 3.83. The van der Waals surface area contributed by atoms with Gasteiger partial charge >= 0.3 is 0 Å². The molecule has 2 unspecified atom stereocenters. The molecule has 106 valence electrons. The van der Waals surface area contributed by atoms with Gasteiger partial charge in [-0.25, -0.2) is 4.39 Å². The molecule has 0 radical (unpaired) electrons. The van der Waals surface area contributed by atoms with Crippen molar-refractivity contribution in [3.8, 4) is 0 Å². The van der Waals surface area contributed by atoms with Gasteiger partial charge in [0.2, 0.25) is 0 Å². The number of hydrogen-bond donors (Lipinski definition) is 2. The Morgan fingerprint density at radius 1 is 1.53 bits per heavy atom. The average Bonchev–Trinajstić information content (AvgIpc) is 2.43. The third-order valence-electron chi connectivity index (χ3n) is 3.92. The molecule has 2 atom stereocenters. The number of halogens is 2. The third kappa shape index (κ3) is 3.02. The standard InChI is InChI=1S/C14H20ClFN2O/c1-19-13-4-2-3-7-14(13,9-17)18-12-8-10(16)5-6-11(12)15/h5-6,8,13,18H,2-4,7,9,17H2,1H3. The number of nitrogens with one attached hydrogen (secondary N) is 1. The van der Waals surface area contributed by atoms with Crippen LogP contribution in [0.25, 0.3) is 0 Å². The van der Waals surface area contributed by atoms with Gasteiger partial charge in [0.15, 0.2) is 0 Å². The molecule has 0 aromatic heterocycles. The highest BCUT2D eigenvalue weighted by atomic mass is 35.5. The lowest BCUT2D eigenvalue weighted by atomic mass is 9.78. The SMILES string of the molecule is COC1CCCCC1(CN)Nc1cc(F)ccc1Cl. The first-order valence-electron chi connectivity index (χ1n) is 6.57. The lowest BCUT2D eigenvalue weighted by molar-refractivity contribution is 0.0190. The van der Waals surface area contributed by atoms with Crippen LogP contribution in [-0.2, 0) is 4.74 Å². The number of rotatable bonds is 4. The van der Waals surface area contributed by atoms with Crippen LogP contribution in [0.5, 0.6) is 0 Å². The maximum atomic E-state index is 13.3. The van der Waals surface area contributed by atoms with Gasteiger partial charge in [-0.2, -0.15) is 0 Å². The maximum Gasteiger partial charge on any atom is 0.125 e. The van der Waals surface area contributed by atoms with Crippen LogP contribution in [0.4, 0.5) is 10.1 Å². The van der Waals surface area contributed by atoms with E-state index < -0.39 is 0 Å². The molecule has 0 bridgehead atoms. The van der Waals surface area contributed by atoms with E-state index in [1.165, 1.54) is 12.1 Å². The lowest BCUT2D eigenvalue weighted by Gasteiger charge is -2.44. The van der Waals surface area contributed by atoms with Crippen molar-refractivity contribution in [3.63, 3.8) is 0 Å². The van der Waals surface area contributed by atoms with E-state index in [1.54, 1.807) is 13.2 Å². The van der Waals surface area contributed by atoms with Crippen molar-refractivity contribution in [2.75, 3.05) is 19.0 Å². The molecule has 5 heteroatoms. The van der Waals surface area contributed by atoms with Gasteiger partial charge in [0.05, 0.1) is 22.4 Å². The lowest BCUT2D eigenvalue weighted by Crippen LogP contribution is -2.57. The number of ether oxygens (including phenoxy) is 1. The van der Waals surface area contributed by atoms with Crippen LogP contribution in [0.2, 0.25) is 5.02 Å². The molecule has 2 rings (SSSR count). The minimum Gasteiger partial charge on any atom is -0.379 e. The number of anilines is 1. The molecular formula is C14H20ClFN2O. The van der Waals surface area contributed by atoms with Gasteiger partial charge in [0, 0.05) is 13.7 Å². The van der Waals surface area contributed by atoms with E-state index in [1.807, 2.05) is 0 Å². The second-order valence-electron chi connectivity index (χ2n) is 5.08. The van der Waals surface area contributed by atoms with Crippen LogP contribution in [0.3, 0.4) is 0 Å². The highest BCUT2D eigenvalue weighted by Crippen LogP contribution is 2.35. The quantitative estimate of drug-likeness (QED) is 0.894. The molecule has 3 N–H and O–H groups in total. The van der Waals surface area contributed by atoms with Crippen LogP contribution in [0.15, 0.2) is 18.2 Å². The summed E-state index contributed by atoms with van der Waals surface area (Å²) in [5.74, 6) is -0.316. The first-order valence-corrected chi connectivity index (χ1v) is 6.95. The van der Waals surface area contributed by atoms with E-state index in [-0.39, 0.29) is 17.5 Å². The summed E-state index contributed by atoms with van der Waals surface area (Å²) in [6.07, 6.45) is 4.07. The molecular weight excluding hydrogens is 267 g/mol. The Balaban J connectivity index is 2.28. The topological polar surface area (TPSA) is 47.3 Å². The van der Waals surface area contributed by atoms with Gasteiger partial charge in [-0.05, 0) is 31.0 Å². The van der Waals surface area contributed by atoms with Crippen molar-refractivity contribution < 1.29 is 9.13 Å². The van der Waals surface area contributed by atoms with Crippen LogP contribution in [-0.4, -0.2) is 25.3 Å². The second kappa shape index (κ2) is 6.07. The summed E-state index contributed by atoms with van der Waals surface area (Å²) in [6.45, 7) is 0.429. The Labute approximate surface area is 118 Å². The largest absolute Gasteiger partial charge is 0.379 e. The van der Waals surface area contributed by atoms with E-state index in [4.69, 9.17) is 22.1 Å². The average molecular weight is 287 g/mol. The zero-order valence-electron chi connectivity index (χ0n) is 11.1. The molecule has 1 aromatic carbocycles. The Morgan fingerprint density at radius 2 is 2.32 bits per heavy atom. The van der Waals surface area contributed by atoms with Crippen molar-refractivity contribution in [2.45, 2.75) is 37.3 Å². The van der Waals surface area contributed by atoms with Crippen molar-refractivity contribution in [3.05, 3.63) is 29.0 Å². The molecule has 19 heavy (non-hydrogen) atoms. The van der Waals surface area contributed by atoms with E-state index in [0.29, 0.717) is 17.3 Å². The Morgan fingerprint density at radius 3 is 3.00 bits per heavy atom. The van der Waals surface area contributed by atoms with E-state index in [0.717, 1.165) is 25.7 Å². The fourth-order valence-electron chi connectivity index (χ4n) is 2.84. The smallest absolute Gasteiger partial charge is 0.125 e. The highest BCUT2D eigenvalue weighted by Gasteiger charge is 2.40. The molecule has 1 aromatic rings. The van der Waals surface area contributed by atoms with Crippen LogP contribution < -0.4 is 11.1 Å². The van der Waals surface area contributed by atoms with Crippen molar-refractivity contribution >= 4 is 17.3 Å². The normalized spacial score (nSPS) is 27.3. The monoisotopic (exact) mass is 286 g/mol. The van der Waals surface area contributed by atoms with E-state index in [9.17, 15) is 4.39 Å². The molecule has 1 aliphatic carbocycles. The first kappa shape index (κ1) is 14.6. The van der Waals surface area contributed by atoms with Gasteiger partial charge in [-0.15, -0.1) is 0 Å². The maximum absolute atomic E-state index is 13.3. The van der Waals surface area contributed by atoms with Gasteiger partial charge in [-0.3, -0.25) is 0 Å². The number of methoxy groups -OCH3 is 1. The molecule has 0 spiro atoms. The molecule has 0 aliphatic heterocycles. The Hall–Kier alpha value is -0.840. The van der Waals surface area contributed by atoms with Crippen molar-refractivity contribution in [1.82, 2.24) is 0 Å². The molecule has 3 nitrogen and oxygen atoms in total. The predicted molar refractivity (Wildman–Crippen MR) is 76.1 cm³/mol. The Kier molecular flexibility index (Phi) is 4.66. The van der Waals surface area contributed by atoms with Gasteiger partial charge in [-0.1, -0.05) is 24.4 Å². The van der Waals surface area contributed by atoms with Crippen LogP contribution in [0.1, 0.15) is 25.7 Å². The number of benzene rings is 1. The first-order chi connectivity index (χ1) is 9.11. The van der Waals surface area contributed by atoms with Crippen LogP contribution in [0, 0.1) is 5.82 Å². The molecule has 0 saturated heterocycles. The van der Waals surface area contributed by atoms with E-state index in [2.05, 4.69) is 5.32 Å². The van der Waals surface area contributed by atoms with Crippen molar-refractivity contribution in [1.29, 1.82) is 0 Å². The van der Waals surface area contributed by atoms with Gasteiger partial charge in [0.25, 0.3) is 0 Å². The predicted octanol–water partition coefficient (Wildman–Crippen LogP) is 3.18. The third-order valence-corrected chi connectivity index (χ3v) is 4.25. The summed E-state index contributed by atoms with van der Waals surface area (Å²) in [5.41, 5.74) is 6.17. The number of nitrogens with two attached hydrogens (primary N) is 1. The number of hydrogen-bond acceptors (Lipinski definition) is 3. The molecule has 1 fully saturated rings. The minimum atomic E-state index is -0.371.